The van der Waals surface area contributed by atoms with Gasteiger partial charge in [0.05, 0.1) is 5.92 Å². The van der Waals surface area contributed by atoms with E-state index in [0.29, 0.717) is 18.1 Å². The van der Waals surface area contributed by atoms with Crippen molar-refractivity contribution >= 4 is 29.1 Å². The van der Waals surface area contributed by atoms with E-state index < -0.39 is 0 Å². The number of rotatable bonds is 4. The molecule has 1 atom stereocenters. The topological polar surface area (TPSA) is 49.4 Å². The van der Waals surface area contributed by atoms with Crippen LogP contribution in [0.4, 0.5) is 5.69 Å². The zero-order valence-electron chi connectivity index (χ0n) is 14.4. The first-order valence-corrected chi connectivity index (χ1v) is 8.71. The average molecular weight is 357 g/mol. The number of aryl methyl sites for hydroxylation is 2. The molecule has 2 aromatic rings. The van der Waals surface area contributed by atoms with E-state index in [1.807, 2.05) is 44.2 Å². The second kappa shape index (κ2) is 7.28. The van der Waals surface area contributed by atoms with E-state index in [0.717, 1.165) is 16.8 Å². The maximum absolute atomic E-state index is 12.4. The van der Waals surface area contributed by atoms with Crippen molar-refractivity contribution in [3.05, 3.63) is 64.2 Å². The van der Waals surface area contributed by atoms with Crippen molar-refractivity contribution in [1.82, 2.24) is 5.32 Å². The van der Waals surface area contributed by atoms with Gasteiger partial charge in [-0.15, -0.1) is 0 Å². The number of carbonyl (C=O) groups excluding carboxylic acids is 2. The molecule has 3 rings (SSSR count). The third-order valence-electron chi connectivity index (χ3n) is 4.68. The fraction of sp³-hybridized carbons (Fsp3) is 0.300. The second-order valence-corrected chi connectivity index (χ2v) is 6.95. The Kier molecular flexibility index (Phi) is 5.09. The monoisotopic (exact) mass is 356 g/mol. The van der Waals surface area contributed by atoms with Gasteiger partial charge in [-0.1, -0.05) is 29.8 Å². The van der Waals surface area contributed by atoms with E-state index in [2.05, 4.69) is 5.32 Å². The van der Waals surface area contributed by atoms with E-state index in [9.17, 15) is 9.59 Å². The molecule has 1 fully saturated rings. The van der Waals surface area contributed by atoms with E-state index in [1.54, 1.807) is 17.0 Å². The molecule has 1 aliphatic rings. The lowest BCUT2D eigenvalue weighted by Gasteiger charge is -2.18. The van der Waals surface area contributed by atoms with Gasteiger partial charge < -0.3 is 10.2 Å². The third kappa shape index (κ3) is 4.02. The van der Waals surface area contributed by atoms with Crippen LogP contribution in [0.25, 0.3) is 0 Å². The minimum absolute atomic E-state index is 0.00473. The molecule has 1 saturated heterocycles. The van der Waals surface area contributed by atoms with Gasteiger partial charge in [0.25, 0.3) is 0 Å². The molecule has 5 heteroatoms. The Labute approximate surface area is 152 Å². The highest BCUT2D eigenvalue weighted by molar-refractivity contribution is 6.30. The molecular formula is C20H21ClN2O2. The summed E-state index contributed by atoms with van der Waals surface area (Å²) in [6.45, 7) is 4.92. The van der Waals surface area contributed by atoms with E-state index >= 15 is 0 Å². The molecule has 1 N–H and O–H groups in total. The van der Waals surface area contributed by atoms with Crippen molar-refractivity contribution < 1.29 is 9.59 Å². The van der Waals surface area contributed by atoms with Crippen LogP contribution in [0.3, 0.4) is 0 Å². The maximum Gasteiger partial charge on any atom is 0.227 e. The van der Waals surface area contributed by atoms with Crippen molar-refractivity contribution in [2.75, 3.05) is 11.4 Å². The van der Waals surface area contributed by atoms with Gasteiger partial charge in [0.2, 0.25) is 11.8 Å². The Bertz CT molecular complexity index is 802. The van der Waals surface area contributed by atoms with E-state index in [1.165, 1.54) is 5.56 Å². The summed E-state index contributed by atoms with van der Waals surface area (Å²) in [5, 5.41) is 3.58. The van der Waals surface area contributed by atoms with Crippen LogP contribution >= 0.6 is 11.6 Å². The number of hydrogen-bond acceptors (Lipinski definition) is 2. The van der Waals surface area contributed by atoms with Gasteiger partial charge in [0.1, 0.15) is 0 Å². The summed E-state index contributed by atoms with van der Waals surface area (Å²) in [6, 6.07) is 13.3. The Hall–Kier alpha value is -2.33. The molecule has 4 nitrogen and oxygen atoms in total. The van der Waals surface area contributed by atoms with Gasteiger partial charge in [-0.2, -0.15) is 0 Å². The summed E-state index contributed by atoms with van der Waals surface area (Å²) < 4.78 is 0. The SMILES string of the molecule is Cc1ccc(N2C[C@H](C(=O)NCc3ccc(Cl)cc3)CC2=O)cc1C. The van der Waals surface area contributed by atoms with Gasteiger partial charge >= 0.3 is 0 Å². The van der Waals surface area contributed by atoms with Crippen LogP contribution in [-0.2, 0) is 16.1 Å². The number of hydrogen-bond donors (Lipinski definition) is 1. The van der Waals surface area contributed by atoms with E-state index in [4.69, 9.17) is 11.6 Å². The van der Waals surface area contributed by atoms with Crippen LogP contribution in [0.5, 0.6) is 0 Å². The molecule has 130 valence electrons. The van der Waals surface area contributed by atoms with Gasteiger partial charge in [-0.25, -0.2) is 0 Å². The largest absolute Gasteiger partial charge is 0.352 e. The van der Waals surface area contributed by atoms with Crippen molar-refractivity contribution in [3.63, 3.8) is 0 Å². The van der Waals surface area contributed by atoms with Crippen LogP contribution in [0.1, 0.15) is 23.1 Å². The van der Waals surface area contributed by atoms with Crippen molar-refractivity contribution in [1.29, 1.82) is 0 Å². The molecule has 0 spiro atoms. The quantitative estimate of drug-likeness (QED) is 0.909. The number of nitrogens with zero attached hydrogens (tertiary/aromatic N) is 1. The maximum atomic E-state index is 12.4. The minimum atomic E-state index is -0.318. The molecule has 2 aromatic carbocycles. The summed E-state index contributed by atoms with van der Waals surface area (Å²) in [5.74, 6) is -0.411. The number of benzene rings is 2. The normalized spacial score (nSPS) is 17.0. The highest BCUT2D eigenvalue weighted by Crippen LogP contribution is 2.27. The zero-order chi connectivity index (χ0) is 18.0. The molecule has 0 bridgehead atoms. The molecule has 0 aromatic heterocycles. The Morgan fingerprint density at radius 2 is 1.88 bits per heavy atom. The molecule has 0 unspecified atom stereocenters. The molecule has 0 aliphatic carbocycles. The lowest BCUT2D eigenvalue weighted by Crippen LogP contribution is -2.32. The fourth-order valence-electron chi connectivity index (χ4n) is 2.96. The predicted octanol–water partition coefficient (Wildman–Crippen LogP) is 3.63. The molecule has 1 aliphatic heterocycles. The number of halogens is 1. The zero-order valence-corrected chi connectivity index (χ0v) is 15.1. The number of anilines is 1. The van der Waals surface area contributed by atoms with Crippen molar-refractivity contribution in [2.24, 2.45) is 5.92 Å². The highest BCUT2D eigenvalue weighted by Gasteiger charge is 2.35. The predicted molar refractivity (Wildman–Crippen MR) is 99.7 cm³/mol. The summed E-state index contributed by atoms with van der Waals surface area (Å²) in [7, 11) is 0. The summed E-state index contributed by atoms with van der Waals surface area (Å²) in [6.07, 6.45) is 0.249. The van der Waals surface area contributed by atoms with E-state index in [-0.39, 0.29) is 24.2 Å². The van der Waals surface area contributed by atoms with Crippen LogP contribution in [0, 0.1) is 19.8 Å². The van der Waals surface area contributed by atoms with Crippen molar-refractivity contribution in [2.45, 2.75) is 26.8 Å². The van der Waals surface area contributed by atoms with Gasteiger partial charge in [-0.05, 0) is 54.8 Å². The fourth-order valence-corrected chi connectivity index (χ4v) is 3.09. The molecule has 1 heterocycles. The summed E-state index contributed by atoms with van der Waals surface area (Å²) in [4.78, 5) is 26.4. The number of amides is 2. The smallest absolute Gasteiger partial charge is 0.227 e. The first-order valence-electron chi connectivity index (χ1n) is 8.34. The number of carbonyl (C=O) groups is 2. The summed E-state index contributed by atoms with van der Waals surface area (Å²) >= 11 is 5.86. The van der Waals surface area contributed by atoms with Gasteiger partial charge in [0, 0.05) is 30.2 Å². The first kappa shape index (κ1) is 17.5. The first-order chi connectivity index (χ1) is 11.9. The van der Waals surface area contributed by atoms with Crippen LogP contribution in [-0.4, -0.2) is 18.4 Å². The van der Waals surface area contributed by atoms with Gasteiger partial charge in [0.15, 0.2) is 0 Å². The van der Waals surface area contributed by atoms with Crippen molar-refractivity contribution in [3.8, 4) is 0 Å². The van der Waals surface area contributed by atoms with Crippen LogP contribution < -0.4 is 10.2 Å². The lowest BCUT2D eigenvalue weighted by molar-refractivity contribution is -0.126. The highest BCUT2D eigenvalue weighted by atomic mass is 35.5. The average Bonchev–Trinajstić information content (AvgIpc) is 2.98. The summed E-state index contributed by atoms with van der Waals surface area (Å²) in [5.41, 5.74) is 4.17. The Morgan fingerprint density at radius 1 is 1.16 bits per heavy atom. The second-order valence-electron chi connectivity index (χ2n) is 6.52. The standard InChI is InChI=1S/C20H21ClN2O2/c1-13-3-8-18(9-14(13)2)23-12-16(10-19(23)24)20(25)22-11-15-4-6-17(21)7-5-15/h3-9,16H,10-12H2,1-2H3,(H,22,25)/t16-/m1/s1. The van der Waals surface area contributed by atoms with Crippen LogP contribution in [0.15, 0.2) is 42.5 Å². The lowest BCUT2D eigenvalue weighted by atomic mass is 10.1. The Morgan fingerprint density at radius 3 is 2.56 bits per heavy atom. The number of nitrogens with one attached hydrogen (secondary N) is 1. The van der Waals surface area contributed by atoms with Crippen LogP contribution in [0.2, 0.25) is 5.02 Å². The minimum Gasteiger partial charge on any atom is -0.352 e. The molecule has 2 amide bonds. The van der Waals surface area contributed by atoms with Gasteiger partial charge in [-0.3, -0.25) is 9.59 Å². The molecule has 0 radical (unpaired) electrons. The molecule has 0 saturated carbocycles. The molecular weight excluding hydrogens is 336 g/mol. The Balaban J connectivity index is 1.62. The third-order valence-corrected chi connectivity index (χ3v) is 4.93. The molecule has 25 heavy (non-hydrogen) atoms.